The van der Waals surface area contributed by atoms with E-state index in [2.05, 4.69) is 36.2 Å². The van der Waals surface area contributed by atoms with Gasteiger partial charge in [-0.15, -0.1) is 0 Å². The molecule has 7 rings (SSSR count). The first kappa shape index (κ1) is 48.5. The normalized spacial score (nSPS) is 23.8. The Morgan fingerprint density at radius 2 is 1.18 bits per heavy atom. The first-order valence-electron chi connectivity index (χ1n) is 23.1. The average molecular weight is 931 g/mol. The lowest BCUT2D eigenvalue weighted by Crippen LogP contribution is -2.63. The van der Waals surface area contributed by atoms with E-state index in [0.717, 1.165) is 22.0 Å². The minimum absolute atomic E-state index is 0.00440. The topological polar surface area (TPSA) is 328 Å². The van der Waals surface area contributed by atoms with Crippen LogP contribution in [0.2, 0.25) is 0 Å². The highest BCUT2D eigenvalue weighted by Gasteiger charge is 2.46. The zero-order chi connectivity index (χ0) is 48.3. The molecular formula is C48H62N14O6. The van der Waals surface area contributed by atoms with E-state index >= 15 is 4.79 Å². The lowest BCUT2D eigenvalue weighted by atomic mass is 9.92. The Kier molecular flexibility index (Phi) is 15.9. The van der Waals surface area contributed by atoms with E-state index in [1.54, 1.807) is 18.3 Å². The Balaban J connectivity index is 1.31. The van der Waals surface area contributed by atoms with Crippen LogP contribution in [0.3, 0.4) is 0 Å². The first-order chi connectivity index (χ1) is 32.7. The summed E-state index contributed by atoms with van der Waals surface area (Å²) in [5.41, 5.74) is 32.8. The van der Waals surface area contributed by atoms with Crippen LogP contribution < -0.4 is 49.9 Å². The number of para-hydroxylation sites is 1. The molecule has 1 aromatic heterocycles. The molecule has 6 amide bonds. The lowest BCUT2D eigenvalue weighted by molar-refractivity contribution is -0.150. The number of hydrogen-bond donors (Lipinski definition) is 10. The van der Waals surface area contributed by atoms with Crippen molar-refractivity contribution in [1.82, 2.24) is 36.1 Å². The third kappa shape index (κ3) is 12.1. The molecule has 7 atom stereocenters. The molecule has 0 bridgehead atoms. The molecule has 20 nitrogen and oxygen atoms in total. The third-order valence-corrected chi connectivity index (χ3v) is 12.8. The molecule has 3 aliphatic heterocycles. The van der Waals surface area contributed by atoms with Gasteiger partial charge in [0.1, 0.15) is 36.3 Å². The number of nitrogens with one attached hydrogen (secondary N) is 5. The molecule has 15 N–H and O–H groups in total. The van der Waals surface area contributed by atoms with Crippen LogP contribution >= 0.6 is 0 Å². The van der Waals surface area contributed by atoms with Crippen molar-refractivity contribution < 1.29 is 28.8 Å². The number of H-pyrrole nitrogens is 1. The molecule has 2 saturated heterocycles. The van der Waals surface area contributed by atoms with Crippen LogP contribution in [0.25, 0.3) is 10.9 Å². The second-order valence-electron chi connectivity index (χ2n) is 17.7. The molecule has 0 saturated carbocycles. The molecular weight excluding hydrogens is 869 g/mol. The number of unbranched alkanes of at least 4 members (excludes halogenated alkanes) is 1. The second-order valence-corrected chi connectivity index (χ2v) is 17.7. The molecule has 20 heteroatoms. The summed E-state index contributed by atoms with van der Waals surface area (Å²) < 4.78 is 0. The van der Waals surface area contributed by atoms with Crippen molar-refractivity contribution in [3.63, 3.8) is 0 Å². The van der Waals surface area contributed by atoms with Crippen molar-refractivity contribution in [2.24, 2.45) is 38.7 Å². The van der Waals surface area contributed by atoms with E-state index in [0.29, 0.717) is 24.0 Å². The maximum Gasteiger partial charge on any atom is 0.246 e. The van der Waals surface area contributed by atoms with Gasteiger partial charge < -0.3 is 64.7 Å². The van der Waals surface area contributed by atoms with Gasteiger partial charge in [-0.1, -0.05) is 72.8 Å². The molecule has 2 fully saturated rings. The van der Waals surface area contributed by atoms with Gasteiger partial charge in [-0.2, -0.15) is 0 Å². The van der Waals surface area contributed by atoms with Crippen LogP contribution in [0.15, 0.2) is 95.0 Å². The van der Waals surface area contributed by atoms with Crippen molar-refractivity contribution in [2.75, 3.05) is 19.6 Å². The number of nitrogens with two attached hydrogens (primary N) is 5. The summed E-state index contributed by atoms with van der Waals surface area (Å²) in [6.07, 6.45) is 3.31. The summed E-state index contributed by atoms with van der Waals surface area (Å²) in [6, 6.07) is 16.3. The summed E-state index contributed by atoms with van der Waals surface area (Å²) in [4.78, 5) is 103. The number of amides is 6. The summed E-state index contributed by atoms with van der Waals surface area (Å²) in [5, 5.41) is 12.5. The fourth-order valence-electron chi connectivity index (χ4n) is 9.30. The van der Waals surface area contributed by atoms with E-state index in [4.69, 9.17) is 28.7 Å². The van der Waals surface area contributed by atoms with Gasteiger partial charge in [0.15, 0.2) is 11.9 Å². The van der Waals surface area contributed by atoms with Gasteiger partial charge in [0.2, 0.25) is 35.4 Å². The maximum absolute atomic E-state index is 15.0. The fraction of sp³-hybridized carbons (Fsp3) is 0.417. The number of aliphatic imine (C=N–C) groups is 2. The largest absolute Gasteiger partial charge is 0.370 e. The van der Waals surface area contributed by atoms with Crippen molar-refractivity contribution in [3.8, 4) is 0 Å². The Labute approximate surface area is 394 Å². The van der Waals surface area contributed by atoms with Crippen LogP contribution in [-0.2, 0) is 54.6 Å². The van der Waals surface area contributed by atoms with Crippen LogP contribution in [0.4, 0.5) is 0 Å². The number of hydrogen-bond acceptors (Lipinski definition) is 9. The Bertz CT molecular complexity index is 2520. The molecule has 4 heterocycles. The van der Waals surface area contributed by atoms with E-state index in [9.17, 15) is 24.0 Å². The molecule has 3 aliphatic rings. The number of aromatic nitrogens is 1. The van der Waals surface area contributed by atoms with Crippen LogP contribution in [0.5, 0.6) is 0 Å². The van der Waals surface area contributed by atoms with Gasteiger partial charge in [0, 0.05) is 68.6 Å². The molecule has 0 spiro atoms. The predicted octanol–water partition coefficient (Wildman–Crippen LogP) is -0.715. The zero-order valence-electron chi connectivity index (χ0n) is 37.9. The third-order valence-electron chi connectivity index (χ3n) is 12.8. The number of nitrogens with zero attached hydrogens (tertiary/aromatic N) is 4. The summed E-state index contributed by atoms with van der Waals surface area (Å²) in [5.74, 6) is -3.89. The number of fused-ring (bicyclic) bond motifs is 4. The maximum atomic E-state index is 15.0. The number of carbonyl (C=O) groups is 6. The van der Waals surface area contributed by atoms with Gasteiger partial charge in [-0.3, -0.25) is 38.8 Å². The zero-order valence-corrected chi connectivity index (χ0v) is 37.9. The molecule has 0 aliphatic carbocycles. The highest BCUT2D eigenvalue weighted by molar-refractivity contribution is 5.99. The molecule has 4 aromatic rings. The van der Waals surface area contributed by atoms with Crippen LogP contribution in [0.1, 0.15) is 60.8 Å². The number of aromatic amines is 1. The summed E-state index contributed by atoms with van der Waals surface area (Å²) in [7, 11) is 0. The Morgan fingerprint density at radius 3 is 1.90 bits per heavy atom. The minimum Gasteiger partial charge on any atom is -0.370 e. The summed E-state index contributed by atoms with van der Waals surface area (Å²) in [6.45, 7) is 0.460. The average Bonchev–Trinajstić information content (AvgIpc) is 3.93. The molecule has 360 valence electrons. The van der Waals surface area contributed by atoms with E-state index in [1.165, 1.54) is 9.80 Å². The monoisotopic (exact) mass is 930 g/mol. The van der Waals surface area contributed by atoms with Gasteiger partial charge in [0.05, 0.1) is 0 Å². The van der Waals surface area contributed by atoms with Crippen LogP contribution in [0, 0.1) is 0 Å². The van der Waals surface area contributed by atoms with Gasteiger partial charge in [-0.05, 0) is 66.8 Å². The molecule has 0 unspecified atom stereocenters. The Morgan fingerprint density at radius 1 is 0.588 bits per heavy atom. The number of guanidine groups is 2. The number of rotatable bonds is 13. The fourth-order valence-corrected chi connectivity index (χ4v) is 9.30. The first-order valence-corrected chi connectivity index (χ1v) is 23.1. The van der Waals surface area contributed by atoms with Gasteiger partial charge in [-0.25, -0.2) is 0 Å². The quantitative estimate of drug-likeness (QED) is 0.0454. The molecule has 68 heavy (non-hydrogen) atoms. The number of benzene rings is 3. The van der Waals surface area contributed by atoms with Gasteiger partial charge >= 0.3 is 0 Å². The standard InChI is InChI=1S/C48H62N14O6/c49-32-24-40-46(68)61-26-30-14-5-4-13-29(30)23-39(61)44(66)57-35(17-8-9-19-54-47(50)51)41(63)59-37(21-28-11-2-1-3-12-28)42(64)60-38(22-31-25-56-34-16-7-6-15-33(31)34)43(65)58-36(45(67)62(40)27-32)18-10-20-55-48(52)53/h1-7,11-16,25,32,35-40,56H,8-10,17-24,26-27,49H2,(H,57,66)(H,58,65)(H,59,63)(H,60,64)(H4,50,51,54)(H4,52,53,55)/t32-,35+,36+,37-,38+,39+,40-/m1/s1. The van der Waals surface area contributed by atoms with Gasteiger partial charge in [0.25, 0.3) is 0 Å². The van der Waals surface area contributed by atoms with E-state index in [-0.39, 0.29) is 83.0 Å². The number of carbonyl (C=O) groups excluding carboxylic acids is 6. The SMILES string of the molecule is NC(N)=NCCCC[C@@H]1NC(=O)[C@@H]2Cc3ccccc3CN2C(=O)[C@H]2C[C@@H](N)CN2C(=O)[C@H](CCCN=C(N)N)NC(=O)[C@H](Cc2c[nH]c3ccccc23)NC(=O)[C@@H](Cc2ccccc2)NC1=O. The van der Waals surface area contributed by atoms with Crippen molar-refractivity contribution in [1.29, 1.82) is 0 Å². The van der Waals surface area contributed by atoms with E-state index < -0.39 is 77.7 Å². The predicted molar refractivity (Wildman–Crippen MR) is 257 cm³/mol. The van der Waals surface area contributed by atoms with Crippen LogP contribution in [-0.4, -0.2) is 124 Å². The van der Waals surface area contributed by atoms with Crippen molar-refractivity contribution >= 4 is 58.3 Å². The second kappa shape index (κ2) is 22.3. The lowest BCUT2D eigenvalue weighted by Gasteiger charge is -2.40. The van der Waals surface area contributed by atoms with Crippen molar-refractivity contribution in [2.45, 2.75) is 107 Å². The molecule has 0 radical (unpaired) electrons. The minimum atomic E-state index is -1.28. The highest BCUT2D eigenvalue weighted by atomic mass is 16.2. The Hall–Kier alpha value is -7.48. The van der Waals surface area contributed by atoms with E-state index in [1.807, 2.05) is 66.7 Å². The highest BCUT2D eigenvalue weighted by Crippen LogP contribution is 2.29. The van der Waals surface area contributed by atoms with Crippen molar-refractivity contribution in [3.05, 3.63) is 107 Å². The summed E-state index contributed by atoms with van der Waals surface area (Å²) >= 11 is 0. The smallest absolute Gasteiger partial charge is 0.246 e. The molecule has 3 aromatic carbocycles.